The van der Waals surface area contributed by atoms with Crippen molar-refractivity contribution in [3.05, 3.63) is 50.6 Å². The fraction of sp³-hybridized carbons (Fsp3) is 0.333. The summed E-state index contributed by atoms with van der Waals surface area (Å²) in [5.41, 5.74) is 3.32. The van der Waals surface area contributed by atoms with Gasteiger partial charge in [-0.1, -0.05) is 42.7 Å². The zero-order chi connectivity index (χ0) is 17.6. The van der Waals surface area contributed by atoms with Crippen molar-refractivity contribution in [2.45, 2.75) is 39.7 Å². The van der Waals surface area contributed by atoms with Crippen LogP contribution in [0.4, 0.5) is 0 Å². The molecule has 0 N–H and O–H groups in total. The van der Waals surface area contributed by atoms with E-state index in [0.717, 1.165) is 35.0 Å². The van der Waals surface area contributed by atoms with Crippen molar-refractivity contribution in [1.29, 1.82) is 0 Å². The molecule has 1 unspecified atom stereocenters. The van der Waals surface area contributed by atoms with Gasteiger partial charge in [-0.25, -0.2) is 4.98 Å². The Morgan fingerprint density at radius 3 is 2.84 bits per heavy atom. The maximum Gasteiger partial charge on any atom is 0.263 e. The molecule has 3 nitrogen and oxygen atoms in total. The van der Waals surface area contributed by atoms with E-state index in [2.05, 4.69) is 12.8 Å². The van der Waals surface area contributed by atoms with Crippen molar-refractivity contribution in [2.75, 3.05) is 0 Å². The molecule has 2 aromatic heterocycles. The van der Waals surface area contributed by atoms with Crippen LogP contribution < -0.4 is 5.56 Å². The minimum absolute atomic E-state index is 0.00516. The van der Waals surface area contributed by atoms with Crippen LogP contribution in [0.5, 0.6) is 0 Å². The fourth-order valence-electron chi connectivity index (χ4n) is 3.58. The fourth-order valence-corrected chi connectivity index (χ4v) is 4.96. The Morgan fingerprint density at radius 1 is 1.36 bits per heavy atom. The summed E-state index contributed by atoms with van der Waals surface area (Å²) in [6, 6.07) is 8.08. The number of fused-ring (bicyclic) bond motifs is 3. The molecule has 4 heteroatoms. The van der Waals surface area contributed by atoms with Gasteiger partial charge in [-0.05, 0) is 37.7 Å². The summed E-state index contributed by atoms with van der Waals surface area (Å²) in [7, 11) is 0. The minimum Gasteiger partial charge on any atom is -0.280 e. The van der Waals surface area contributed by atoms with Crippen molar-refractivity contribution in [1.82, 2.24) is 9.55 Å². The number of aryl methyl sites for hydroxylation is 2. The van der Waals surface area contributed by atoms with Crippen LogP contribution in [-0.2, 0) is 19.4 Å². The van der Waals surface area contributed by atoms with Crippen molar-refractivity contribution < 1.29 is 0 Å². The standard InChI is InChI=1S/C21H20N2OS/c1-4-11-23-19(15-8-5-13(2)6-9-15)22-20-18(21(23)24)16-10-7-14(3)12-17(16)25-20/h1,5-6,8-9,14H,7,10-12H2,2-3H3. The highest BCUT2D eigenvalue weighted by Crippen LogP contribution is 2.36. The Kier molecular flexibility index (Phi) is 3.97. The topological polar surface area (TPSA) is 34.9 Å². The molecule has 3 aromatic rings. The van der Waals surface area contributed by atoms with Gasteiger partial charge in [0.2, 0.25) is 0 Å². The molecule has 25 heavy (non-hydrogen) atoms. The van der Waals surface area contributed by atoms with Crippen LogP contribution in [0.1, 0.15) is 29.3 Å². The monoisotopic (exact) mass is 348 g/mol. The lowest BCUT2D eigenvalue weighted by Crippen LogP contribution is -2.23. The third kappa shape index (κ3) is 2.69. The summed E-state index contributed by atoms with van der Waals surface area (Å²) in [6.07, 6.45) is 8.69. The van der Waals surface area contributed by atoms with Gasteiger partial charge < -0.3 is 0 Å². The zero-order valence-corrected chi connectivity index (χ0v) is 15.3. The van der Waals surface area contributed by atoms with Gasteiger partial charge in [-0.3, -0.25) is 9.36 Å². The van der Waals surface area contributed by atoms with E-state index in [0.29, 0.717) is 11.7 Å². The molecule has 0 saturated carbocycles. The molecule has 1 aliphatic carbocycles. The molecule has 126 valence electrons. The van der Waals surface area contributed by atoms with Crippen LogP contribution in [0.25, 0.3) is 21.6 Å². The molecule has 1 atom stereocenters. The first-order valence-corrected chi connectivity index (χ1v) is 9.45. The first-order chi connectivity index (χ1) is 12.1. The summed E-state index contributed by atoms with van der Waals surface area (Å²) in [6.45, 7) is 4.56. The van der Waals surface area contributed by atoms with Gasteiger partial charge in [-0.15, -0.1) is 17.8 Å². The summed E-state index contributed by atoms with van der Waals surface area (Å²) >= 11 is 1.68. The number of nitrogens with zero attached hydrogens (tertiary/aromatic N) is 2. The molecular formula is C21H20N2OS. The molecular weight excluding hydrogens is 328 g/mol. The Hall–Kier alpha value is -2.38. The molecule has 0 amide bonds. The van der Waals surface area contributed by atoms with E-state index in [1.807, 2.05) is 31.2 Å². The highest BCUT2D eigenvalue weighted by molar-refractivity contribution is 7.18. The Balaban J connectivity index is 2.00. The summed E-state index contributed by atoms with van der Waals surface area (Å²) in [4.78, 5) is 20.3. The van der Waals surface area contributed by atoms with Crippen LogP contribution in [0.15, 0.2) is 29.1 Å². The van der Waals surface area contributed by atoms with Gasteiger partial charge in [0.05, 0.1) is 11.9 Å². The Labute approximate surface area is 151 Å². The molecule has 0 saturated heterocycles. The second-order valence-corrected chi connectivity index (χ2v) is 8.01. The van der Waals surface area contributed by atoms with Crippen molar-refractivity contribution in [2.24, 2.45) is 5.92 Å². The first-order valence-electron chi connectivity index (χ1n) is 8.64. The van der Waals surface area contributed by atoms with E-state index in [-0.39, 0.29) is 12.1 Å². The van der Waals surface area contributed by atoms with Crippen molar-refractivity contribution >= 4 is 21.6 Å². The van der Waals surface area contributed by atoms with Crippen LogP contribution in [0.2, 0.25) is 0 Å². The smallest absolute Gasteiger partial charge is 0.263 e. The molecule has 0 spiro atoms. The maximum atomic E-state index is 13.2. The van der Waals surface area contributed by atoms with E-state index in [4.69, 9.17) is 11.4 Å². The molecule has 1 aromatic carbocycles. The number of terminal acetylenes is 1. The third-order valence-electron chi connectivity index (χ3n) is 4.97. The predicted octanol–water partition coefficient (Wildman–Crippen LogP) is 4.19. The van der Waals surface area contributed by atoms with Crippen LogP contribution in [0.3, 0.4) is 0 Å². The van der Waals surface area contributed by atoms with E-state index >= 15 is 0 Å². The molecule has 0 fully saturated rings. The maximum absolute atomic E-state index is 13.2. The second-order valence-electron chi connectivity index (χ2n) is 6.93. The molecule has 0 radical (unpaired) electrons. The molecule has 0 aliphatic heterocycles. The van der Waals surface area contributed by atoms with Gasteiger partial charge in [0.25, 0.3) is 5.56 Å². The molecule has 2 heterocycles. The highest BCUT2D eigenvalue weighted by Gasteiger charge is 2.24. The lowest BCUT2D eigenvalue weighted by Gasteiger charge is -2.17. The summed E-state index contributed by atoms with van der Waals surface area (Å²) in [5, 5.41) is 0.790. The average molecular weight is 348 g/mol. The summed E-state index contributed by atoms with van der Waals surface area (Å²) < 4.78 is 1.65. The number of hydrogen-bond acceptors (Lipinski definition) is 3. The molecule has 4 rings (SSSR count). The normalized spacial score (nSPS) is 16.6. The van der Waals surface area contributed by atoms with Gasteiger partial charge >= 0.3 is 0 Å². The highest BCUT2D eigenvalue weighted by atomic mass is 32.1. The Morgan fingerprint density at radius 2 is 2.12 bits per heavy atom. The number of hydrogen-bond donors (Lipinski definition) is 0. The minimum atomic E-state index is 0.00516. The van der Waals surface area contributed by atoms with Crippen LogP contribution in [0, 0.1) is 25.2 Å². The van der Waals surface area contributed by atoms with Crippen LogP contribution >= 0.6 is 11.3 Å². The predicted molar refractivity (Wildman–Crippen MR) is 104 cm³/mol. The first kappa shape index (κ1) is 16.1. The van der Waals surface area contributed by atoms with Gasteiger partial charge in [0.15, 0.2) is 0 Å². The summed E-state index contributed by atoms with van der Waals surface area (Å²) in [5.74, 6) is 3.96. The average Bonchev–Trinajstić information content (AvgIpc) is 2.95. The van der Waals surface area contributed by atoms with Gasteiger partial charge in [0, 0.05) is 10.4 Å². The third-order valence-corrected chi connectivity index (χ3v) is 6.12. The zero-order valence-electron chi connectivity index (χ0n) is 14.5. The van der Waals surface area contributed by atoms with Gasteiger partial charge in [0.1, 0.15) is 10.7 Å². The van der Waals surface area contributed by atoms with E-state index in [9.17, 15) is 4.79 Å². The quantitative estimate of drug-likeness (QED) is 0.651. The molecule has 0 bridgehead atoms. The lowest BCUT2D eigenvalue weighted by atomic mass is 9.89. The SMILES string of the molecule is C#CCn1c(-c2ccc(C)cc2)nc2sc3c(c2c1=O)CCC(C)C3. The van der Waals surface area contributed by atoms with E-state index in [1.54, 1.807) is 15.9 Å². The number of benzene rings is 1. The largest absolute Gasteiger partial charge is 0.280 e. The van der Waals surface area contributed by atoms with Gasteiger partial charge in [-0.2, -0.15) is 0 Å². The number of rotatable bonds is 2. The number of aromatic nitrogens is 2. The molecule has 1 aliphatic rings. The van der Waals surface area contributed by atoms with Crippen molar-refractivity contribution in [3.63, 3.8) is 0 Å². The number of thiophene rings is 1. The lowest BCUT2D eigenvalue weighted by molar-refractivity contribution is 0.509. The van der Waals surface area contributed by atoms with Crippen LogP contribution in [-0.4, -0.2) is 9.55 Å². The second kappa shape index (κ2) is 6.16. The van der Waals surface area contributed by atoms with Crippen molar-refractivity contribution in [3.8, 4) is 23.7 Å². The van der Waals surface area contributed by atoms with E-state index in [1.165, 1.54) is 16.0 Å². The Bertz CT molecular complexity index is 1050. The van der Waals surface area contributed by atoms with E-state index < -0.39 is 0 Å².